The van der Waals surface area contributed by atoms with E-state index in [1.807, 2.05) is 0 Å². The Morgan fingerprint density at radius 2 is 1.75 bits per heavy atom. The molecule has 0 atom stereocenters. The highest BCUT2D eigenvalue weighted by Gasteiger charge is 2.18. The van der Waals surface area contributed by atoms with Gasteiger partial charge in [0, 0.05) is 0 Å². The van der Waals surface area contributed by atoms with Crippen molar-refractivity contribution < 1.29 is 23.7 Å². The molecule has 0 saturated heterocycles. The van der Waals surface area contributed by atoms with Gasteiger partial charge in [0.1, 0.15) is 0 Å². The van der Waals surface area contributed by atoms with Gasteiger partial charge in [0.05, 0.1) is 20.8 Å². The molecule has 1 aromatic rings. The molecule has 0 saturated carbocycles. The number of ether oxygens (including phenoxy) is 4. The van der Waals surface area contributed by atoms with Crippen LogP contribution in [0.4, 0.5) is 4.79 Å². The monoisotopic (exact) mass is 305 g/mol. The van der Waals surface area contributed by atoms with Gasteiger partial charge in [-0.3, -0.25) is 0 Å². The third kappa shape index (κ3) is 4.79. The molecule has 0 bridgehead atoms. The van der Waals surface area contributed by atoms with E-state index in [0.29, 0.717) is 24.5 Å². The smallest absolute Gasteiger partial charge is 0.493 e. The maximum absolute atomic E-state index is 11.4. The van der Waals surface area contributed by atoms with Crippen LogP contribution in [0.25, 0.3) is 0 Å². The van der Waals surface area contributed by atoms with Gasteiger partial charge in [0.25, 0.3) is 0 Å². The average Bonchev–Trinajstić information content (AvgIpc) is 2.40. The normalized spacial score (nSPS) is 9.40. The molecule has 7 heteroatoms. The molecule has 0 radical (unpaired) electrons. The molecule has 0 unspecified atom stereocenters. The van der Waals surface area contributed by atoms with Crippen LogP contribution in [0.3, 0.4) is 0 Å². The molecular weight excluding hydrogens is 286 g/mol. The Morgan fingerprint density at radius 3 is 2.15 bits per heavy atom. The molecule has 2 N–H and O–H groups in total. The lowest BCUT2D eigenvalue weighted by molar-refractivity contribution is 0.102. The lowest BCUT2D eigenvalue weighted by Gasteiger charge is -2.14. The molecule has 1 aromatic carbocycles. The Morgan fingerprint density at radius 1 is 1.20 bits per heavy atom. The summed E-state index contributed by atoms with van der Waals surface area (Å²) in [5, 5.41) is 0. The van der Waals surface area contributed by atoms with Gasteiger partial charge in [0.2, 0.25) is 5.75 Å². The van der Waals surface area contributed by atoms with Crippen LogP contribution in [0, 0.1) is 0 Å². The quantitative estimate of drug-likeness (QED) is 0.641. The molecule has 0 aliphatic heterocycles. The van der Waals surface area contributed by atoms with Crippen molar-refractivity contribution >= 4 is 18.6 Å². The number of hydrogen-bond donors (Lipinski definition) is 1. The van der Waals surface area contributed by atoms with E-state index < -0.39 is 6.16 Å². The Kier molecular flexibility index (Phi) is 8.51. The molecule has 0 aliphatic rings. The Hall–Kier alpha value is -1.66. The zero-order chi connectivity index (χ0) is 14.3. The van der Waals surface area contributed by atoms with Crippen LogP contribution < -0.4 is 19.9 Å². The summed E-state index contributed by atoms with van der Waals surface area (Å²) in [4.78, 5) is 11.4. The van der Waals surface area contributed by atoms with Crippen molar-refractivity contribution in [2.24, 2.45) is 5.73 Å². The first-order chi connectivity index (χ1) is 9.15. The summed E-state index contributed by atoms with van der Waals surface area (Å²) in [6.07, 6.45) is -0.127. The first kappa shape index (κ1) is 18.3. The molecule has 0 fully saturated rings. The zero-order valence-electron chi connectivity index (χ0n) is 11.8. The molecule has 6 nitrogen and oxygen atoms in total. The van der Waals surface area contributed by atoms with Gasteiger partial charge in [-0.05, 0) is 37.6 Å². The summed E-state index contributed by atoms with van der Waals surface area (Å²) in [5.41, 5.74) is 6.45. The van der Waals surface area contributed by atoms with Crippen LogP contribution in [-0.2, 0) is 11.2 Å². The fourth-order valence-corrected chi connectivity index (χ4v) is 1.58. The number of carbonyl (C=O) groups is 1. The van der Waals surface area contributed by atoms with Gasteiger partial charge < -0.3 is 24.7 Å². The van der Waals surface area contributed by atoms with Crippen molar-refractivity contribution in [1.29, 1.82) is 0 Å². The maximum atomic E-state index is 11.4. The largest absolute Gasteiger partial charge is 0.514 e. The molecule has 0 spiro atoms. The minimum Gasteiger partial charge on any atom is -0.493 e. The van der Waals surface area contributed by atoms with E-state index in [-0.39, 0.29) is 24.8 Å². The molecular formula is C13H20ClNO5. The molecule has 114 valence electrons. The second-order valence-corrected chi connectivity index (χ2v) is 3.65. The van der Waals surface area contributed by atoms with Crippen LogP contribution in [0.2, 0.25) is 0 Å². The summed E-state index contributed by atoms with van der Waals surface area (Å²) < 4.78 is 20.2. The number of hydrogen-bond acceptors (Lipinski definition) is 6. The van der Waals surface area contributed by atoms with Gasteiger partial charge in [-0.1, -0.05) is 0 Å². The van der Waals surface area contributed by atoms with Gasteiger partial charge >= 0.3 is 6.16 Å². The van der Waals surface area contributed by atoms with Crippen molar-refractivity contribution in [2.45, 2.75) is 13.3 Å². The first-order valence-corrected chi connectivity index (χ1v) is 5.95. The highest BCUT2D eigenvalue weighted by molar-refractivity contribution is 5.85. The van der Waals surface area contributed by atoms with Crippen LogP contribution in [0.15, 0.2) is 12.1 Å². The predicted octanol–water partition coefficient (Wildman–Crippen LogP) is 2.16. The van der Waals surface area contributed by atoms with E-state index >= 15 is 0 Å². The van der Waals surface area contributed by atoms with Gasteiger partial charge in [-0.25, -0.2) is 4.79 Å². The van der Waals surface area contributed by atoms with Gasteiger partial charge in [-0.15, -0.1) is 12.4 Å². The Labute approximate surface area is 124 Å². The number of methoxy groups -OCH3 is 2. The molecule has 20 heavy (non-hydrogen) atoms. The van der Waals surface area contributed by atoms with E-state index in [4.69, 9.17) is 24.7 Å². The molecule has 0 heterocycles. The minimum absolute atomic E-state index is 0. The zero-order valence-corrected chi connectivity index (χ0v) is 12.6. The van der Waals surface area contributed by atoms with Gasteiger partial charge in [0.15, 0.2) is 11.5 Å². The Balaban J connectivity index is 0.00000361. The Bertz CT molecular complexity index is 414. The van der Waals surface area contributed by atoms with Crippen molar-refractivity contribution in [3.63, 3.8) is 0 Å². The number of halogens is 1. The SMILES string of the molecule is CCOC(=O)Oc1c(OC)cc(CCN)cc1OC.Cl. The third-order valence-corrected chi connectivity index (χ3v) is 2.40. The van der Waals surface area contributed by atoms with E-state index in [1.165, 1.54) is 14.2 Å². The summed E-state index contributed by atoms with van der Waals surface area (Å²) in [6.45, 7) is 2.43. The van der Waals surface area contributed by atoms with Crippen LogP contribution in [0.5, 0.6) is 17.2 Å². The van der Waals surface area contributed by atoms with Gasteiger partial charge in [-0.2, -0.15) is 0 Å². The predicted molar refractivity (Wildman–Crippen MR) is 77.2 cm³/mol. The lowest BCUT2D eigenvalue weighted by Crippen LogP contribution is -2.12. The highest BCUT2D eigenvalue weighted by Crippen LogP contribution is 2.38. The molecule has 0 aliphatic carbocycles. The second kappa shape index (κ2) is 9.28. The van der Waals surface area contributed by atoms with Crippen LogP contribution in [-0.4, -0.2) is 33.5 Å². The standard InChI is InChI=1S/C13H19NO5.ClH/c1-4-18-13(15)19-12-10(16-2)7-9(5-6-14)8-11(12)17-3;/h7-8H,4-6,14H2,1-3H3;1H. The lowest BCUT2D eigenvalue weighted by atomic mass is 10.1. The van der Waals surface area contributed by atoms with E-state index in [9.17, 15) is 4.79 Å². The highest BCUT2D eigenvalue weighted by atomic mass is 35.5. The average molecular weight is 306 g/mol. The summed E-state index contributed by atoms with van der Waals surface area (Å²) in [7, 11) is 2.97. The fraction of sp³-hybridized carbons (Fsp3) is 0.462. The second-order valence-electron chi connectivity index (χ2n) is 3.65. The van der Waals surface area contributed by atoms with E-state index in [2.05, 4.69) is 0 Å². The minimum atomic E-state index is -0.800. The van der Waals surface area contributed by atoms with Crippen LogP contribution in [0.1, 0.15) is 12.5 Å². The maximum Gasteiger partial charge on any atom is 0.514 e. The number of nitrogens with two attached hydrogens (primary N) is 1. The van der Waals surface area contributed by atoms with Crippen molar-refractivity contribution in [2.75, 3.05) is 27.4 Å². The van der Waals surface area contributed by atoms with Crippen molar-refractivity contribution in [3.05, 3.63) is 17.7 Å². The van der Waals surface area contributed by atoms with E-state index in [0.717, 1.165) is 5.56 Å². The molecule has 0 amide bonds. The summed E-state index contributed by atoms with van der Waals surface area (Å²) >= 11 is 0. The number of benzene rings is 1. The number of rotatable bonds is 6. The van der Waals surface area contributed by atoms with Crippen LogP contribution >= 0.6 is 12.4 Å². The van der Waals surface area contributed by atoms with Crippen molar-refractivity contribution in [1.82, 2.24) is 0 Å². The number of carbonyl (C=O) groups excluding carboxylic acids is 1. The third-order valence-electron chi connectivity index (χ3n) is 2.40. The summed E-state index contributed by atoms with van der Waals surface area (Å²) in [6, 6.07) is 3.51. The first-order valence-electron chi connectivity index (χ1n) is 5.95. The van der Waals surface area contributed by atoms with Crippen molar-refractivity contribution in [3.8, 4) is 17.2 Å². The van der Waals surface area contributed by atoms with E-state index in [1.54, 1.807) is 19.1 Å². The summed E-state index contributed by atoms with van der Waals surface area (Å²) in [5.74, 6) is 0.996. The molecule has 1 rings (SSSR count). The topological polar surface area (TPSA) is 80.0 Å². The molecule has 0 aromatic heterocycles. The fourth-order valence-electron chi connectivity index (χ4n) is 1.58.